The molecule has 2 unspecified atom stereocenters. The standard InChI is InChI=1S/C16H31NO2/c1-13-5-7-14(8-6-13)16-15(4-3-10-19-16)12-17-9-11-18-2/h13-17H,3-12H2,1-2H3. The maximum absolute atomic E-state index is 6.15. The Morgan fingerprint density at radius 3 is 2.68 bits per heavy atom. The molecule has 0 aromatic rings. The zero-order chi connectivity index (χ0) is 13.5. The third-order valence-electron chi connectivity index (χ3n) is 4.91. The fourth-order valence-corrected chi connectivity index (χ4v) is 3.68. The fraction of sp³-hybridized carbons (Fsp3) is 1.00. The van der Waals surface area contributed by atoms with E-state index in [1.54, 1.807) is 7.11 Å². The molecule has 1 aliphatic heterocycles. The highest BCUT2D eigenvalue weighted by Crippen LogP contribution is 2.36. The molecular formula is C16H31NO2. The first-order valence-electron chi connectivity index (χ1n) is 8.12. The van der Waals surface area contributed by atoms with Gasteiger partial charge in [0.1, 0.15) is 0 Å². The van der Waals surface area contributed by atoms with Crippen molar-refractivity contribution in [2.75, 3.05) is 33.4 Å². The van der Waals surface area contributed by atoms with E-state index in [2.05, 4.69) is 12.2 Å². The number of hydrogen-bond acceptors (Lipinski definition) is 3. The van der Waals surface area contributed by atoms with Crippen molar-refractivity contribution in [1.29, 1.82) is 0 Å². The zero-order valence-electron chi connectivity index (χ0n) is 12.7. The molecule has 0 amide bonds. The molecular weight excluding hydrogens is 238 g/mol. The first-order chi connectivity index (χ1) is 9.31. The van der Waals surface area contributed by atoms with Gasteiger partial charge >= 0.3 is 0 Å². The fourth-order valence-electron chi connectivity index (χ4n) is 3.68. The lowest BCUT2D eigenvalue weighted by Gasteiger charge is -2.40. The van der Waals surface area contributed by atoms with Gasteiger partial charge in [0, 0.05) is 26.8 Å². The van der Waals surface area contributed by atoms with E-state index in [1.165, 1.54) is 38.5 Å². The van der Waals surface area contributed by atoms with Gasteiger partial charge in [-0.2, -0.15) is 0 Å². The van der Waals surface area contributed by atoms with Crippen molar-refractivity contribution < 1.29 is 9.47 Å². The van der Waals surface area contributed by atoms with Gasteiger partial charge in [0.2, 0.25) is 0 Å². The predicted molar refractivity (Wildman–Crippen MR) is 78.3 cm³/mol. The van der Waals surface area contributed by atoms with E-state index < -0.39 is 0 Å². The van der Waals surface area contributed by atoms with E-state index in [0.29, 0.717) is 12.0 Å². The Labute approximate surface area is 118 Å². The average Bonchev–Trinajstić information content (AvgIpc) is 2.45. The summed E-state index contributed by atoms with van der Waals surface area (Å²) in [7, 11) is 1.76. The van der Waals surface area contributed by atoms with Gasteiger partial charge < -0.3 is 14.8 Å². The molecule has 1 heterocycles. The highest BCUT2D eigenvalue weighted by molar-refractivity contribution is 4.85. The largest absolute Gasteiger partial charge is 0.383 e. The summed E-state index contributed by atoms with van der Waals surface area (Å²) in [6.45, 7) is 6.23. The van der Waals surface area contributed by atoms with Crippen LogP contribution in [0.2, 0.25) is 0 Å². The maximum atomic E-state index is 6.15. The van der Waals surface area contributed by atoms with E-state index in [1.807, 2.05) is 0 Å². The SMILES string of the molecule is COCCNCC1CCCOC1C1CCC(C)CC1. The first-order valence-corrected chi connectivity index (χ1v) is 8.12. The second-order valence-corrected chi connectivity index (χ2v) is 6.45. The molecule has 1 saturated carbocycles. The van der Waals surface area contributed by atoms with Crippen LogP contribution in [0.15, 0.2) is 0 Å². The van der Waals surface area contributed by atoms with E-state index in [0.717, 1.165) is 38.1 Å². The van der Waals surface area contributed by atoms with Gasteiger partial charge in [-0.25, -0.2) is 0 Å². The molecule has 2 rings (SSSR count). The topological polar surface area (TPSA) is 30.5 Å². The summed E-state index contributed by atoms with van der Waals surface area (Å²) in [6, 6.07) is 0. The molecule has 0 bridgehead atoms. The van der Waals surface area contributed by atoms with Gasteiger partial charge in [0.15, 0.2) is 0 Å². The van der Waals surface area contributed by atoms with E-state index in [9.17, 15) is 0 Å². The summed E-state index contributed by atoms with van der Waals surface area (Å²) in [5.41, 5.74) is 0. The molecule has 3 nitrogen and oxygen atoms in total. The third kappa shape index (κ3) is 4.73. The van der Waals surface area contributed by atoms with Crippen LogP contribution in [-0.2, 0) is 9.47 Å². The lowest BCUT2D eigenvalue weighted by Crippen LogP contribution is -2.42. The zero-order valence-corrected chi connectivity index (χ0v) is 12.7. The molecule has 19 heavy (non-hydrogen) atoms. The minimum absolute atomic E-state index is 0.510. The second kappa shape index (κ2) is 8.23. The van der Waals surface area contributed by atoms with Crippen LogP contribution >= 0.6 is 0 Å². The van der Waals surface area contributed by atoms with Crippen LogP contribution in [0.25, 0.3) is 0 Å². The summed E-state index contributed by atoms with van der Waals surface area (Å²) in [5, 5.41) is 3.53. The number of ether oxygens (including phenoxy) is 2. The van der Waals surface area contributed by atoms with Crippen LogP contribution in [0.1, 0.15) is 45.4 Å². The van der Waals surface area contributed by atoms with Crippen LogP contribution in [0.4, 0.5) is 0 Å². The molecule has 2 atom stereocenters. The Balaban J connectivity index is 1.78. The predicted octanol–water partition coefficient (Wildman–Crippen LogP) is 2.84. The van der Waals surface area contributed by atoms with Gasteiger partial charge in [-0.3, -0.25) is 0 Å². The monoisotopic (exact) mass is 269 g/mol. The summed E-state index contributed by atoms with van der Waals surface area (Å²) in [6.07, 6.45) is 8.62. The van der Waals surface area contributed by atoms with Gasteiger partial charge in [0.05, 0.1) is 12.7 Å². The summed E-state index contributed by atoms with van der Waals surface area (Å²) in [5.74, 6) is 2.45. The number of methoxy groups -OCH3 is 1. The van der Waals surface area contributed by atoms with Crippen molar-refractivity contribution in [2.24, 2.45) is 17.8 Å². The van der Waals surface area contributed by atoms with Crippen LogP contribution in [0.5, 0.6) is 0 Å². The Kier molecular flexibility index (Phi) is 6.62. The van der Waals surface area contributed by atoms with E-state index in [4.69, 9.17) is 9.47 Å². The Hall–Kier alpha value is -0.120. The lowest BCUT2D eigenvalue weighted by atomic mass is 9.75. The molecule has 0 spiro atoms. The van der Waals surface area contributed by atoms with E-state index >= 15 is 0 Å². The number of hydrogen-bond donors (Lipinski definition) is 1. The van der Waals surface area contributed by atoms with Crippen LogP contribution in [0.3, 0.4) is 0 Å². The Morgan fingerprint density at radius 1 is 1.16 bits per heavy atom. The Morgan fingerprint density at radius 2 is 1.95 bits per heavy atom. The highest BCUT2D eigenvalue weighted by atomic mass is 16.5. The molecule has 3 heteroatoms. The minimum atomic E-state index is 0.510. The van der Waals surface area contributed by atoms with Crippen molar-refractivity contribution in [3.8, 4) is 0 Å². The third-order valence-corrected chi connectivity index (χ3v) is 4.91. The minimum Gasteiger partial charge on any atom is -0.383 e. The second-order valence-electron chi connectivity index (χ2n) is 6.45. The summed E-state index contributed by atoms with van der Waals surface area (Å²) in [4.78, 5) is 0. The van der Waals surface area contributed by atoms with Gasteiger partial charge in [0.25, 0.3) is 0 Å². The van der Waals surface area contributed by atoms with Gasteiger partial charge in [-0.15, -0.1) is 0 Å². The van der Waals surface area contributed by atoms with Gasteiger partial charge in [-0.1, -0.05) is 19.8 Å². The molecule has 2 fully saturated rings. The van der Waals surface area contributed by atoms with Crippen LogP contribution in [0, 0.1) is 17.8 Å². The first kappa shape index (κ1) is 15.3. The molecule has 0 aromatic heterocycles. The smallest absolute Gasteiger partial charge is 0.0643 e. The van der Waals surface area contributed by atoms with E-state index in [-0.39, 0.29) is 0 Å². The van der Waals surface area contributed by atoms with Crippen molar-refractivity contribution in [2.45, 2.75) is 51.6 Å². The van der Waals surface area contributed by atoms with Crippen LogP contribution < -0.4 is 5.32 Å². The van der Waals surface area contributed by atoms with Crippen LogP contribution in [-0.4, -0.2) is 39.5 Å². The summed E-state index contributed by atoms with van der Waals surface area (Å²) >= 11 is 0. The molecule has 0 radical (unpaired) electrons. The Bertz CT molecular complexity index is 239. The number of nitrogens with one attached hydrogen (secondary N) is 1. The quantitative estimate of drug-likeness (QED) is 0.752. The molecule has 0 aromatic carbocycles. The summed E-state index contributed by atoms with van der Waals surface area (Å²) < 4.78 is 11.2. The van der Waals surface area contributed by atoms with Gasteiger partial charge in [-0.05, 0) is 43.4 Å². The van der Waals surface area contributed by atoms with Crippen molar-refractivity contribution >= 4 is 0 Å². The molecule has 112 valence electrons. The van der Waals surface area contributed by atoms with Crippen molar-refractivity contribution in [3.05, 3.63) is 0 Å². The average molecular weight is 269 g/mol. The normalized spacial score (nSPS) is 36.3. The molecule has 1 N–H and O–H groups in total. The molecule has 1 aliphatic carbocycles. The molecule has 2 aliphatic rings. The van der Waals surface area contributed by atoms with Crippen molar-refractivity contribution in [3.63, 3.8) is 0 Å². The lowest BCUT2D eigenvalue weighted by molar-refractivity contribution is -0.0704. The number of rotatable bonds is 6. The maximum Gasteiger partial charge on any atom is 0.0643 e. The molecule has 1 saturated heterocycles. The van der Waals surface area contributed by atoms with Crippen molar-refractivity contribution in [1.82, 2.24) is 5.32 Å². The highest BCUT2D eigenvalue weighted by Gasteiger charge is 2.34.